The third-order valence-electron chi connectivity index (χ3n) is 11.2. The normalized spacial score (nSPS) is 11.9. The number of hydrogen-bond acceptors (Lipinski definition) is 4. The first kappa shape index (κ1) is 31.2. The van der Waals surface area contributed by atoms with E-state index in [1.54, 1.807) is 0 Å². The molecule has 0 N–H and O–H groups in total. The Hall–Kier alpha value is -7.21. The molecular formula is C51H30N4S. The summed E-state index contributed by atoms with van der Waals surface area (Å²) < 4.78 is 4.91. The maximum absolute atomic E-state index is 5.16. The molecule has 0 bridgehead atoms. The molecule has 5 heteroatoms. The molecule has 260 valence electrons. The summed E-state index contributed by atoms with van der Waals surface area (Å²) in [5.41, 5.74) is 6.50. The van der Waals surface area contributed by atoms with Gasteiger partial charge in [0.25, 0.3) is 0 Å². The lowest BCUT2D eigenvalue weighted by Crippen LogP contribution is -2.00. The number of nitrogens with zero attached hydrogens (tertiary/aromatic N) is 4. The Morgan fingerprint density at radius 1 is 0.357 bits per heavy atom. The highest BCUT2D eigenvalue weighted by molar-refractivity contribution is 7.26. The van der Waals surface area contributed by atoms with Crippen LogP contribution in [0.15, 0.2) is 182 Å². The second kappa shape index (κ2) is 12.2. The van der Waals surface area contributed by atoms with Crippen molar-refractivity contribution in [3.8, 4) is 39.9 Å². The third-order valence-corrected chi connectivity index (χ3v) is 12.3. The highest BCUT2D eigenvalue weighted by Gasteiger charge is 2.20. The van der Waals surface area contributed by atoms with E-state index in [9.17, 15) is 0 Å². The van der Waals surface area contributed by atoms with Gasteiger partial charge in [0.1, 0.15) is 0 Å². The van der Waals surface area contributed by atoms with Crippen molar-refractivity contribution in [3.05, 3.63) is 182 Å². The van der Waals surface area contributed by atoms with Crippen molar-refractivity contribution < 1.29 is 0 Å². The minimum atomic E-state index is 0.653. The molecule has 0 fully saturated rings. The standard InChI is InChI=1S/C51H30N4S/c1-3-13-34-28-36(22-20-31(34)10-1)49-52-50(37-23-21-32-11-2-4-14-35(32)29-37)54-51(53-49)38-25-27-42-46(30-38)56-45-19-9-18-44(47(42)45)55-43-17-8-7-16-40(43)41-26-24-33-12-5-6-15-39(33)48(41)55/h1-30H. The summed E-state index contributed by atoms with van der Waals surface area (Å²) in [6.07, 6.45) is 0. The van der Waals surface area contributed by atoms with Gasteiger partial charge < -0.3 is 4.57 Å². The van der Waals surface area contributed by atoms with Crippen molar-refractivity contribution in [2.24, 2.45) is 0 Å². The van der Waals surface area contributed by atoms with E-state index < -0.39 is 0 Å². The van der Waals surface area contributed by atoms with Gasteiger partial charge in [-0.3, -0.25) is 0 Å². The number of hydrogen-bond donors (Lipinski definition) is 0. The van der Waals surface area contributed by atoms with E-state index in [-0.39, 0.29) is 0 Å². The van der Waals surface area contributed by atoms with Gasteiger partial charge in [0.05, 0.1) is 16.7 Å². The number of rotatable bonds is 4. The predicted octanol–water partition coefficient (Wildman–Crippen LogP) is 13.8. The average molecular weight is 731 g/mol. The van der Waals surface area contributed by atoms with E-state index in [1.165, 1.54) is 69.2 Å². The molecule has 0 saturated carbocycles. The SMILES string of the molecule is c1ccc2cc(-c3nc(-c4ccc5ccccc5c4)nc(-c4ccc5c(c4)sc4cccc(-n6c7ccccc7c7ccc8ccccc8c76)c45)n3)ccc2c1. The fourth-order valence-corrected chi connectivity index (χ4v) is 9.70. The van der Waals surface area contributed by atoms with Gasteiger partial charge in [0.2, 0.25) is 0 Å². The van der Waals surface area contributed by atoms with Crippen LogP contribution in [0, 0.1) is 0 Å². The summed E-state index contributed by atoms with van der Waals surface area (Å²) in [6.45, 7) is 0. The van der Waals surface area contributed by atoms with Gasteiger partial charge in [0, 0.05) is 53.0 Å². The number of para-hydroxylation sites is 1. The lowest BCUT2D eigenvalue weighted by molar-refractivity contribution is 1.08. The molecule has 9 aromatic carbocycles. The van der Waals surface area contributed by atoms with Crippen molar-refractivity contribution in [2.75, 3.05) is 0 Å². The van der Waals surface area contributed by atoms with Crippen LogP contribution < -0.4 is 0 Å². The molecule has 56 heavy (non-hydrogen) atoms. The highest BCUT2D eigenvalue weighted by atomic mass is 32.1. The topological polar surface area (TPSA) is 43.6 Å². The molecule has 0 radical (unpaired) electrons. The Balaban J connectivity index is 1.07. The first-order chi connectivity index (χ1) is 27.7. The summed E-state index contributed by atoms with van der Waals surface area (Å²) in [6, 6.07) is 65.1. The van der Waals surface area contributed by atoms with Crippen LogP contribution in [0.2, 0.25) is 0 Å². The van der Waals surface area contributed by atoms with Crippen LogP contribution in [0.3, 0.4) is 0 Å². The van der Waals surface area contributed by atoms with Crippen LogP contribution in [0.5, 0.6) is 0 Å². The molecule has 12 rings (SSSR count). The minimum absolute atomic E-state index is 0.653. The molecule has 0 aliphatic heterocycles. The van der Waals surface area contributed by atoms with E-state index in [2.05, 4.69) is 187 Å². The van der Waals surface area contributed by atoms with Crippen molar-refractivity contribution in [1.82, 2.24) is 19.5 Å². The molecule has 0 saturated heterocycles. The molecule has 4 nitrogen and oxygen atoms in total. The van der Waals surface area contributed by atoms with Crippen molar-refractivity contribution in [1.29, 1.82) is 0 Å². The summed E-state index contributed by atoms with van der Waals surface area (Å²) >= 11 is 1.82. The third kappa shape index (κ3) is 4.81. The second-order valence-electron chi connectivity index (χ2n) is 14.4. The van der Waals surface area contributed by atoms with Gasteiger partial charge in [-0.15, -0.1) is 11.3 Å². The Kier molecular flexibility index (Phi) is 6.76. The number of thiophene rings is 1. The average Bonchev–Trinajstić information content (AvgIpc) is 3.82. The zero-order valence-electron chi connectivity index (χ0n) is 30.0. The van der Waals surface area contributed by atoms with Crippen LogP contribution in [0.25, 0.3) is 114 Å². The van der Waals surface area contributed by atoms with Gasteiger partial charge >= 0.3 is 0 Å². The Bertz CT molecular complexity index is 3460. The fourth-order valence-electron chi connectivity index (χ4n) is 8.53. The Morgan fingerprint density at radius 2 is 0.893 bits per heavy atom. The Morgan fingerprint density at radius 3 is 1.59 bits per heavy atom. The zero-order chi connectivity index (χ0) is 36.7. The van der Waals surface area contributed by atoms with Gasteiger partial charge in [-0.05, 0) is 63.3 Å². The minimum Gasteiger partial charge on any atom is -0.308 e. The van der Waals surface area contributed by atoms with Crippen LogP contribution in [-0.4, -0.2) is 19.5 Å². The van der Waals surface area contributed by atoms with Gasteiger partial charge in [-0.2, -0.15) is 0 Å². The van der Waals surface area contributed by atoms with Crippen LogP contribution in [0.1, 0.15) is 0 Å². The van der Waals surface area contributed by atoms with Crippen molar-refractivity contribution in [3.63, 3.8) is 0 Å². The molecule has 0 atom stereocenters. The van der Waals surface area contributed by atoms with Crippen LogP contribution >= 0.6 is 11.3 Å². The van der Waals surface area contributed by atoms with E-state index in [1.807, 2.05) is 11.3 Å². The van der Waals surface area contributed by atoms with Gasteiger partial charge in [-0.1, -0.05) is 146 Å². The van der Waals surface area contributed by atoms with E-state index in [4.69, 9.17) is 15.0 Å². The molecule has 0 spiro atoms. The molecule has 0 aliphatic carbocycles. The fraction of sp³-hybridized carbons (Fsp3) is 0. The first-order valence-electron chi connectivity index (χ1n) is 18.8. The monoisotopic (exact) mass is 730 g/mol. The molecular weight excluding hydrogens is 701 g/mol. The molecule has 3 heterocycles. The lowest BCUT2D eigenvalue weighted by atomic mass is 10.0. The summed E-state index contributed by atoms with van der Waals surface area (Å²) in [5, 5.41) is 12.1. The van der Waals surface area contributed by atoms with E-state index >= 15 is 0 Å². The molecule has 0 unspecified atom stereocenters. The summed E-state index contributed by atoms with van der Waals surface area (Å²) in [4.78, 5) is 15.4. The highest BCUT2D eigenvalue weighted by Crippen LogP contribution is 2.43. The zero-order valence-corrected chi connectivity index (χ0v) is 30.8. The Labute approximate surface area is 325 Å². The van der Waals surface area contributed by atoms with Gasteiger partial charge in [0.15, 0.2) is 17.5 Å². The maximum atomic E-state index is 5.16. The first-order valence-corrected chi connectivity index (χ1v) is 19.7. The number of fused-ring (bicyclic) bond motifs is 10. The molecule has 0 aliphatic rings. The number of aromatic nitrogens is 4. The van der Waals surface area contributed by atoms with Crippen LogP contribution in [0.4, 0.5) is 0 Å². The number of benzene rings is 9. The molecule has 0 amide bonds. The van der Waals surface area contributed by atoms with Crippen molar-refractivity contribution in [2.45, 2.75) is 0 Å². The largest absolute Gasteiger partial charge is 0.308 e. The van der Waals surface area contributed by atoms with E-state index in [0.29, 0.717) is 17.5 Å². The second-order valence-corrected chi connectivity index (χ2v) is 15.5. The summed E-state index contributed by atoms with van der Waals surface area (Å²) in [5.74, 6) is 1.96. The van der Waals surface area contributed by atoms with Gasteiger partial charge in [-0.25, -0.2) is 15.0 Å². The molecule has 12 aromatic rings. The summed E-state index contributed by atoms with van der Waals surface area (Å²) in [7, 11) is 0. The van der Waals surface area contributed by atoms with Crippen LogP contribution in [-0.2, 0) is 0 Å². The maximum Gasteiger partial charge on any atom is 0.164 e. The predicted molar refractivity (Wildman–Crippen MR) is 236 cm³/mol. The van der Waals surface area contributed by atoms with Crippen molar-refractivity contribution >= 4 is 85.6 Å². The smallest absolute Gasteiger partial charge is 0.164 e. The lowest BCUT2D eigenvalue weighted by Gasteiger charge is -2.12. The quantitative estimate of drug-likeness (QED) is 0.181. The molecule has 3 aromatic heterocycles. The van der Waals surface area contributed by atoms with E-state index in [0.717, 1.165) is 27.5 Å².